The Bertz CT molecular complexity index is 583. The summed E-state index contributed by atoms with van der Waals surface area (Å²) >= 11 is 9.85. The van der Waals surface area contributed by atoms with Crippen LogP contribution in [0.1, 0.15) is 12.0 Å². The van der Waals surface area contributed by atoms with Crippen molar-refractivity contribution in [3.05, 3.63) is 52.6 Å². The third kappa shape index (κ3) is 2.55. The Labute approximate surface area is 125 Å². The van der Waals surface area contributed by atoms with E-state index in [1.54, 1.807) is 37.4 Å². The number of likely N-dealkylation sites (N-methyl/N-ethyl adjacent to an activating group) is 1. The summed E-state index contributed by atoms with van der Waals surface area (Å²) in [4.78, 5) is 11.7. The average molecular weight is 343 g/mol. The predicted molar refractivity (Wildman–Crippen MR) is 79.4 cm³/mol. The van der Waals surface area contributed by atoms with Gasteiger partial charge in [-0.05, 0) is 12.1 Å². The molecule has 5 heteroatoms. The fraction of sp³-hybridized carbons (Fsp3) is 0.214. The number of rotatable bonds is 2. The summed E-state index contributed by atoms with van der Waals surface area (Å²) < 4.78 is -0.767. The molecule has 1 aromatic rings. The van der Waals surface area contributed by atoms with E-state index in [9.17, 15) is 9.90 Å². The summed E-state index contributed by atoms with van der Waals surface area (Å²) in [6, 6.07) is 6.94. The molecule has 3 nitrogen and oxygen atoms in total. The van der Waals surface area contributed by atoms with Gasteiger partial charge in [-0.3, -0.25) is 4.79 Å². The fourth-order valence-electron chi connectivity index (χ4n) is 2.06. The monoisotopic (exact) mass is 341 g/mol. The standard InChI is InChI=1S/C14H13BrClNO2/c1-17-13(19)9-6-7-12(16)14(15,8-9)10-4-2-3-5-11(10)18/h2-7,18H,8H2,1H3,(H,17,19). The zero-order valence-electron chi connectivity index (χ0n) is 10.3. The number of carbonyl (C=O) groups excluding carboxylic acids is 1. The Balaban J connectivity index is 2.46. The molecule has 0 aliphatic heterocycles. The summed E-state index contributed by atoms with van der Waals surface area (Å²) in [6.45, 7) is 0. The van der Waals surface area contributed by atoms with Gasteiger partial charge in [-0.25, -0.2) is 0 Å². The van der Waals surface area contributed by atoms with Gasteiger partial charge in [0.05, 0.1) is 4.32 Å². The Morgan fingerprint density at radius 3 is 2.74 bits per heavy atom. The highest BCUT2D eigenvalue weighted by Crippen LogP contribution is 2.50. The van der Waals surface area contributed by atoms with Crippen molar-refractivity contribution < 1.29 is 9.90 Å². The first-order valence-electron chi connectivity index (χ1n) is 5.75. The summed E-state index contributed by atoms with van der Waals surface area (Å²) in [5, 5.41) is 13.1. The third-order valence-electron chi connectivity index (χ3n) is 3.09. The van der Waals surface area contributed by atoms with Crippen molar-refractivity contribution in [1.82, 2.24) is 5.32 Å². The molecule has 1 unspecified atom stereocenters. The number of benzene rings is 1. The van der Waals surface area contributed by atoms with Crippen LogP contribution < -0.4 is 5.32 Å². The minimum atomic E-state index is -0.767. The van der Waals surface area contributed by atoms with Crippen molar-refractivity contribution in [3.8, 4) is 5.75 Å². The van der Waals surface area contributed by atoms with Crippen LogP contribution in [0.3, 0.4) is 0 Å². The van der Waals surface area contributed by atoms with Crippen LogP contribution in [-0.2, 0) is 9.12 Å². The molecule has 2 N–H and O–H groups in total. The maximum Gasteiger partial charge on any atom is 0.247 e. The van der Waals surface area contributed by atoms with Crippen LogP contribution in [0.25, 0.3) is 0 Å². The van der Waals surface area contributed by atoms with E-state index >= 15 is 0 Å². The van der Waals surface area contributed by atoms with Crippen LogP contribution in [0.4, 0.5) is 0 Å². The van der Waals surface area contributed by atoms with Crippen molar-refractivity contribution in [1.29, 1.82) is 0 Å². The number of phenolic OH excluding ortho intramolecular Hbond substituents is 1. The molecule has 0 heterocycles. The molecule has 1 aliphatic carbocycles. The lowest BCUT2D eigenvalue weighted by atomic mass is 9.87. The summed E-state index contributed by atoms with van der Waals surface area (Å²) in [5.41, 5.74) is 1.25. The molecular formula is C14H13BrClNO2. The van der Waals surface area contributed by atoms with Gasteiger partial charge in [-0.2, -0.15) is 0 Å². The molecule has 1 aromatic carbocycles. The number of hydrogen-bond acceptors (Lipinski definition) is 2. The van der Waals surface area contributed by atoms with Gasteiger partial charge >= 0.3 is 0 Å². The first kappa shape index (κ1) is 14.2. The number of alkyl halides is 1. The SMILES string of the molecule is CNC(=O)C1=CC=C(Cl)C(Br)(c2ccccc2O)C1. The quantitative estimate of drug-likeness (QED) is 0.811. The van der Waals surface area contributed by atoms with Gasteiger partial charge in [-0.1, -0.05) is 51.8 Å². The first-order chi connectivity index (χ1) is 8.99. The summed E-state index contributed by atoms with van der Waals surface area (Å²) in [5.74, 6) is -0.0104. The number of para-hydroxylation sites is 1. The van der Waals surface area contributed by atoms with E-state index < -0.39 is 4.32 Å². The number of phenols is 1. The van der Waals surface area contributed by atoms with E-state index in [4.69, 9.17) is 11.6 Å². The second-order valence-corrected chi connectivity index (χ2v) is 6.04. The van der Waals surface area contributed by atoms with E-state index in [0.29, 0.717) is 22.6 Å². The number of carbonyl (C=O) groups is 1. The fourth-order valence-corrected chi connectivity index (χ4v) is 3.06. The number of halogens is 2. The zero-order valence-corrected chi connectivity index (χ0v) is 12.6. The van der Waals surface area contributed by atoms with Crippen molar-refractivity contribution in [2.75, 3.05) is 7.05 Å². The molecule has 0 fully saturated rings. The molecule has 0 aromatic heterocycles. The summed E-state index contributed by atoms with van der Waals surface area (Å²) in [6.07, 6.45) is 3.75. The number of aromatic hydroxyl groups is 1. The molecule has 2 rings (SSSR count). The lowest BCUT2D eigenvalue weighted by Gasteiger charge is -2.31. The van der Waals surface area contributed by atoms with E-state index in [1.807, 2.05) is 6.07 Å². The molecule has 0 saturated heterocycles. The maximum absolute atomic E-state index is 11.7. The van der Waals surface area contributed by atoms with Crippen molar-refractivity contribution in [2.24, 2.45) is 0 Å². The smallest absolute Gasteiger partial charge is 0.247 e. The van der Waals surface area contributed by atoms with Crippen LogP contribution >= 0.6 is 27.5 Å². The van der Waals surface area contributed by atoms with Gasteiger partial charge in [-0.15, -0.1) is 0 Å². The largest absolute Gasteiger partial charge is 0.508 e. The Hall–Kier alpha value is -1.26. The second kappa shape index (κ2) is 5.39. The van der Waals surface area contributed by atoms with E-state index in [0.717, 1.165) is 0 Å². The lowest BCUT2D eigenvalue weighted by Crippen LogP contribution is -2.28. The lowest BCUT2D eigenvalue weighted by molar-refractivity contribution is -0.117. The molecule has 0 bridgehead atoms. The molecule has 0 saturated carbocycles. The highest BCUT2D eigenvalue weighted by atomic mass is 79.9. The number of nitrogens with one attached hydrogen (secondary N) is 1. The Kier molecular flexibility index (Phi) is 4.02. The topological polar surface area (TPSA) is 49.3 Å². The predicted octanol–water partition coefficient (Wildman–Crippen LogP) is 3.18. The average Bonchev–Trinajstić information content (AvgIpc) is 2.41. The first-order valence-corrected chi connectivity index (χ1v) is 6.92. The van der Waals surface area contributed by atoms with Crippen molar-refractivity contribution >= 4 is 33.4 Å². The van der Waals surface area contributed by atoms with Gasteiger partial charge in [0.2, 0.25) is 5.91 Å². The van der Waals surface area contributed by atoms with Crippen LogP contribution in [0, 0.1) is 0 Å². The second-order valence-electron chi connectivity index (χ2n) is 4.28. The normalized spacial score (nSPS) is 22.5. The van der Waals surface area contributed by atoms with Gasteiger partial charge in [0.15, 0.2) is 0 Å². The molecule has 19 heavy (non-hydrogen) atoms. The molecule has 0 spiro atoms. The van der Waals surface area contributed by atoms with Gasteiger partial charge < -0.3 is 10.4 Å². The molecule has 1 amide bonds. The van der Waals surface area contributed by atoms with Crippen LogP contribution in [-0.4, -0.2) is 18.1 Å². The molecule has 1 aliphatic rings. The van der Waals surface area contributed by atoms with E-state index in [-0.39, 0.29) is 11.7 Å². The summed E-state index contributed by atoms with van der Waals surface area (Å²) in [7, 11) is 1.58. The number of amides is 1. The number of hydrogen-bond donors (Lipinski definition) is 2. The molecule has 1 atom stereocenters. The van der Waals surface area contributed by atoms with Crippen molar-refractivity contribution in [2.45, 2.75) is 10.7 Å². The number of allylic oxidation sites excluding steroid dienone is 3. The highest BCUT2D eigenvalue weighted by molar-refractivity contribution is 9.09. The van der Waals surface area contributed by atoms with E-state index in [1.165, 1.54) is 0 Å². The minimum Gasteiger partial charge on any atom is -0.508 e. The van der Waals surface area contributed by atoms with Gasteiger partial charge in [0, 0.05) is 29.6 Å². The highest BCUT2D eigenvalue weighted by Gasteiger charge is 2.38. The molecule has 100 valence electrons. The van der Waals surface area contributed by atoms with Crippen LogP contribution in [0.15, 0.2) is 47.0 Å². The Morgan fingerprint density at radius 2 is 2.11 bits per heavy atom. The van der Waals surface area contributed by atoms with Crippen LogP contribution in [0.5, 0.6) is 5.75 Å². The maximum atomic E-state index is 11.7. The molecule has 0 radical (unpaired) electrons. The molecular weight excluding hydrogens is 330 g/mol. The van der Waals surface area contributed by atoms with Crippen molar-refractivity contribution in [3.63, 3.8) is 0 Å². The zero-order chi connectivity index (χ0) is 14.0. The van der Waals surface area contributed by atoms with Gasteiger partial charge in [0.1, 0.15) is 5.75 Å². The minimum absolute atomic E-state index is 0.143. The third-order valence-corrected chi connectivity index (χ3v) is 4.90. The van der Waals surface area contributed by atoms with Gasteiger partial charge in [0.25, 0.3) is 0 Å². The Morgan fingerprint density at radius 1 is 1.42 bits per heavy atom. The van der Waals surface area contributed by atoms with E-state index in [2.05, 4.69) is 21.2 Å². The van der Waals surface area contributed by atoms with Crippen LogP contribution in [0.2, 0.25) is 0 Å².